The molecule has 0 spiro atoms. The highest BCUT2D eigenvalue weighted by Crippen LogP contribution is 2.26. The highest BCUT2D eigenvalue weighted by molar-refractivity contribution is 5.32. The number of ether oxygens (including phenoxy) is 1. The van der Waals surface area contributed by atoms with Gasteiger partial charge in [0.05, 0.1) is 31.6 Å². The number of methoxy groups -OCH3 is 1. The average Bonchev–Trinajstić information content (AvgIpc) is 3.00. The first-order valence-corrected chi connectivity index (χ1v) is 7.62. The van der Waals surface area contributed by atoms with Gasteiger partial charge in [-0.1, -0.05) is 6.07 Å². The van der Waals surface area contributed by atoms with Gasteiger partial charge in [-0.15, -0.1) is 0 Å². The summed E-state index contributed by atoms with van der Waals surface area (Å²) < 4.78 is 34.3. The Morgan fingerprint density at radius 1 is 1.33 bits per heavy atom. The number of halogens is 2. The molecule has 0 fully saturated rings. The van der Waals surface area contributed by atoms with E-state index in [1.807, 2.05) is 4.90 Å². The number of aliphatic hydroxyl groups is 2. The maximum absolute atomic E-state index is 14.3. The summed E-state index contributed by atoms with van der Waals surface area (Å²) in [5.41, 5.74) is 1.65. The Hall–Kier alpha value is -2.03. The van der Waals surface area contributed by atoms with Gasteiger partial charge in [0, 0.05) is 25.2 Å². The lowest BCUT2D eigenvalue weighted by Gasteiger charge is -2.27. The first-order chi connectivity index (χ1) is 11.5. The topological polar surface area (TPSA) is 70.8 Å². The molecule has 8 heteroatoms. The van der Waals surface area contributed by atoms with Gasteiger partial charge in [0.1, 0.15) is 6.10 Å². The van der Waals surface area contributed by atoms with Crippen molar-refractivity contribution in [2.45, 2.75) is 25.7 Å². The number of rotatable bonds is 5. The lowest BCUT2D eigenvalue weighted by atomic mass is 10.1. The van der Waals surface area contributed by atoms with Crippen LogP contribution in [-0.4, -0.2) is 45.2 Å². The van der Waals surface area contributed by atoms with Crippen molar-refractivity contribution in [1.29, 1.82) is 0 Å². The molecule has 24 heavy (non-hydrogen) atoms. The predicted molar refractivity (Wildman–Crippen MR) is 81.3 cm³/mol. The van der Waals surface area contributed by atoms with Crippen LogP contribution in [0, 0.1) is 11.6 Å². The Balaban J connectivity index is 1.76. The highest BCUT2D eigenvalue weighted by atomic mass is 19.1. The maximum atomic E-state index is 14.3. The summed E-state index contributed by atoms with van der Waals surface area (Å²) >= 11 is 0. The standard InChI is InChI=1S/C16H19F2N3O3/c1-24-16-12(17)3-2-10(15(16)18)7-20-4-5-21-11(8-20)6-13(19-21)14(23)9-22/h2-3,6,14,22-23H,4-5,7-9H2,1H3/t14-/m1/s1. The molecule has 0 saturated carbocycles. The van der Waals surface area contributed by atoms with Crippen LogP contribution >= 0.6 is 0 Å². The number of aromatic nitrogens is 2. The van der Waals surface area contributed by atoms with Crippen LogP contribution in [0.5, 0.6) is 5.75 Å². The van der Waals surface area contributed by atoms with E-state index in [1.54, 1.807) is 10.7 Å². The molecule has 1 aromatic heterocycles. The summed E-state index contributed by atoms with van der Waals surface area (Å²) in [4.78, 5) is 2.00. The second-order valence-electron chi connectivity index (χ2n) is 5.75. The van der Waals surface area contributed by atoms with Crippen molar-refractivity contribution < 1.29 is 23.7 Å². The largest absolute Gasteiger partial charge is 0.491 e. The minimum Gasteiger partial charge on any atom is -0.491 e. The van der Waals surface area contributed by atoms with Gasteiger partial charge in [-0.05, 0) is 12.1 Å². The Kier molecular flexibility index (Phi) is 4.79. The van der Waals surface area contributed by atoms with E-state index in [0.29, 0.717) is 37.4 Å². The van der Waals surface area contributed by atoms with Crippen LogP contribution in [0.3, 0.4) is 0 Å². The number of aliphatic hydroxyl groups excluding tert-OH is 2. The first-order valence-electron chi connectivity index (χ1n) is 7.62. The lowest BCUT2D eigenvalue weighted by Crippen LogP contribution is -2.33. The highest BCUT2D eigenvalue weighted by Gasteiger charge is 2.23. The lowest BCUT2D eigenvalue weighted by molar-refractivity contribution is 0.0915. The van der Waals surface area contributed by atoms with E-state index in [-0.39, 0.29) is 12.4 Å². The smallest absolute Gasteiger partial charge is 0.190 e. The Morgan fingerprint density at radius 3 is 2.83 bits per heavy atom. The third-order valence-corrected chi connectivity index (χ3v) is 4.14. The summed E-state index contributed by atoms with van der Waals surface area (Å²) in [5, 5.41) is 22.9. The maximum Gasteiger partial charge on any atom is 0.190 e. The molecule has 2 N–H and O–H groups in total. The molecule has 2 heterocycles. The summed E-state index contributed by atoms with van der Waals surface area (Å²) in [5.74, 6) is -1.78. The minimum atomic E-state index is -1.00. The third kappa shape index (κ3) is 3.12. The molecule has 0 amide bonds. The zero-order chi connectivity index (χ0) is 17.3. The van der Waals surface area contributed by atoms with Gasteiger partial charge in [0.15, 0.2) is 17.4 Å². The van der Waals surface area contributed by atoms with Gasteiger partial charge < -0.3 is 14.9 Å². The molecule has 3 rings (SSSR count). The molecule has 0 bridgehead atoms. The molecule has 0 saturated heterocycles. The molecule has 0 aliphatic carbocycles. The fourth-order valence-corrected chi connectivity index (χ4v) is 2.86. The van der Waals surface area contributed by atoms with Crippen molar-refractivity contribution in [1.82, 2.24) is 14.7 Å². The van der Waals surface area contributed by atoms with Crippen molar-refractivity contribution in [3.05, 3.63) is 46.8 Å². The summed E-state index contributed by atoms with van der Waals surface area (Å²) in [6.07, 6.45) is -1.00. The number of hydrogen-bond acceptors (Lipinski definition) is 5. The fraction of sp³-hybridized carbons (Fsp3) is 0.438. The fourth-order valence-electron chi connectivity index (χ4n) is 2.86. The molecule has 0 unspecified atom stereocenters. The molecule has 130 valence electrons. The molecule has 1 aromatic carbocycles. The second kappa shape index (κ2) is 6.84. The quantitative estimate of drug-likeness (QED) is 0.857. The van der Waals surface area contributed by atoms with Gasteiger partial charge in [-0.25, -0.2) is 8.78 Å². The summed E-state index contributed by atoms with van der Waals surface area (Å²) in [6.45, 7) is 1.67. The van der Waals surface area contributed by atoms with Crippen LogP contribution in [0.4, 0.5) is 8.78 Å². The molecular formula is C16H19F2N3O3. The van der Waals surface area contributed by atoms with E-state index in [4.69, 9.17) is 9.84 Å². The Bertz CT molecular complexity index is 736. The number of nitrogens with zero attached hydrogens (tertiary/aromatic N) is 3. The monoisotopic (exact) mass is 339 g/mol. The van der Waals surface area contributed by atoms with E-state index >= 15 is 0 Å². The van der Waals surface area contributed by atoms with E-state index in [0.717, 1.165) is 5.69 Å². The number of benzene rings is 1. The molecule has 1 aliphatic rings. The summed E-state index contributed by atoms with van der Waals surface area (Å²) in [6, 6.07) is 4.34. The zero-order valence-electron chi connectivity index (χ0n) is 13.2. The van der Waals surface area contributed by atoms with E-state index < -0.39 is 17.7 Å². The van der Waals surface area contributed by atoms with Crippen molar-refractivity contribution in [2.24, 2.45) is 0 Å². The predicted octanol–water partition coefficient (Wildman–Crippen LogP) is 1.21. The van der Waals surface area contributed by atoms with E-state index in [2.05, 4.69) is 5.10 Å². The molecule has 0 radical (unpaired) electrons. The van der Waals surface area contributed by atoms with E-state index in [1.165, 1.54) is 19.2 Å². The van der Waals surface area contributed by atoms with Crippen LogP contribution < -0.4 is 4.74 Å². The normalized spacial score (nSPS) is 16.0. The SMILES string of the molecule is COc1c(F)ccc(CN2CCn3nc([C@H](O)CO)cc3C2)c1F. The number of fused-ring (bicyclic) bond motifs is 1. The van der Waals surface area contributed by atoms with Crippen molar-refractivity contribution >= 4 is 0 Å². The van der Waals surface area contributed by atoms with Crippen molar-refractivity contribution in [3.63, 3.8) is 0 Å². The molecule has 6 nitrogen and oxygen atoms in total. The number of hydrogen-bond donors (Lipinski definition) is 2. The third-order valence-electron chi connectivity index (χ3n) is 4.14. The minimum absolute atomic E-state index is 0.311. The van der Waals surface area contributed by atoms with Gasteiger partial charge >= 0.3 is 0 Å². The van der Waals surface area contributed by atoms with Crippen LogP contribution in [-0.2, 0) is 19.6 Å². The second-order valence-corrected chi connectivity index (χ2v) is 5.75. The van der Waals surface area contributed by atoms with Crippen LogP contribution in [0.15, 0.2) is 18.2 Å². The van der Waals surface area contributed by atoms with Crippen LogP contribution in [0.25, 0.3) is 0 Å². The first kappa shape index (κ1) is 16.8. The Morgan fingerprint density at radius 2 is 2.12 bits per heavy atom. The van der Waals surface area contributed by atoms with Gasteiger partial charge in [-0.3, -0.25) is 9.58 Å². The summed E-state index contributed by atoms with van der Waals surface area (Å²) in [7, 11) is 1.23. The van der Waals surface area contributed by atoms with Gasteiger partial charge in [0.2, 0.25) is 0 Å². The molecule has 1 atom stereocenters. The van der Waals surface area contributed by atoms with Crippen LogP contribution in [0.1, 0.15) is 23.1 Å². The van der Waals surface area contributed by atoms with E-state index in [9.17, 15) is 13.9 Å². The average molecular weight is 339 g/mol. The van der Waals surface area contributed by atoms with Crippen LogP contribution in [0.2, 0.25) is 0 Å². The van der Waals surface area contributed by atoms with Gasteiger partial charge in [-0.2, -0.15) is 5.10 Å². The molecule has 1 aliphatic heterocycles. The molecular weight excluding hydrogens is 320 g/mol. The van der Waals surface area contributed by atoms with Gasteiger partial charge in [0.25, 0.3) is 0 Å². The zero-order valence-corrected chi connectivity index (χ0v) is 13.2. The molecule has 2 aromatic rings. The Labute approximate surface area is 137 Å². The van der Waals surface area contributed by atoms with Crippen molar-refractivity contribution in [3.8, 4) is 5.75 Å². The van der Waals surface area contributed by atoms with Crippen molar-refractivity contribution in [2.75, 3.05) is 20.3 Å².